The number of amides is 4. The van der Waals surface area contributed by atoms with E-state index in [2.05, 4.69) is 11.1 Å². The molecular formula is C25H19N5O3S. The van der Waals surface area contributed by atoms with Gasteiger partial charge in [0.05, 0.1) is 34.6 Å². The van der Waals surface area contributed by atoms with E-state index in [-0.39, 0.29) is 35.7 Å². The second kappa shape index (κ2) is 7.85. The number of rotatable bonds is 4. The normalized spacial score (nSPS) is 23.0. The van der Waals surface area contributed by atoms with Gasteiger partial charge < -0.3 is 9.80 Å². The Bertz CT molecular complexity index is 1390. The molecule has 3 atom stereocenters. The van der Waals surface area contributed by atoms with Gasteiger partial charge in [-0.2, -0.15) is 5.26 Å². The number of likely N-dealkylation sites (tertiary alicyclic amines) is 1. The molecule has 2 bridgehead atoms. The molecule has 168 valence electrons. The van der Waals surface area contributed by atoms with Crippen molar-refractivity contribution in [3.8, 4) is 6.07 Å². The second-order valence-electron chi connectivity index (χ2n) is 8.56. The molecule has 3 aliphatic heterocycles. The number of fused-ring (bicyclic) bond motifs is 6. The molecule has 0 N–H and O–H groups in total. The molecule has 1 aromatic heterocycles. The fourth-order valence-electron chi connectivity index (χ4n) is 5.35. The van der Waals surface area contributed by atoms with Crippen molar-refractivity contribution < 1.29 is 14.4 Å². The molecule has 8 nitrogen and oxygen atoms in total. The number of hydrogen-bond acceptors (Lipinski definition) is 6. The Kier molecular flexibility index (Phi) is 4.78. The van der Waals surface area contributed by atoms with E-state index in [9.17, 15) is 19.6 Å². The smallest absolute Gasteiger partial charge is 0.332 e. The number of urea groups is 1. The van der Waals surface area contributed by atoms with Crippen molar-refractivity contribution in [2.24, 2.45) is 0 Å². The van der Waals surface area contributed by atoms with Crippen LogP contribution in [0, 0.1) is 11.3 Å². The third-order valence-electron chi connectivity index (χ3n) is 6.80. The lowest BCUT2D eigenvalue weighted by Gasteiger charge is -2.34. The summed E-state index contributed by atoms with van der Waals surface area (Å²) in [6.45, 7) is 0.442. The van der Waals surface area contributed by atoms with Gasteiger partial charge >= 0.3 is 6.03 Å². The zero-order chi connectivity index (χ0) is 23.4. The van der Waals surface area contributed by atoms with Crippen LogP contribution in [0.15, 0.2) is 65.7 Å². The van der Waals surface area contributed by atoms with E-state index < -0.39 is 6.04 Å². The van der Waals surface area contributed by atoms with E-state index in [1.54, 1.807) is 40.3 Å². The average molecular weight is 470 g/mol. The molecular weight excluding hydrogens is 450 g/mol. The maximum Gasteiger partial charge on any atom is 0.332 e. The number of pyridine rings is 1. The summed E-state index contributed by atoms with van der Waals surface area (Å²) in [5.74, 6) is -0.0640. The van der Waals surface area contributed by atoms with Crippen molar-refractivity contribution in [2.75, 3.05) is 17.2 Å². The predicted molar refractivity (Wildman–Crippen MR) is 126 cm³/mol. The van der Waals surface area contributed by atoms with Gasteiger partial charge in [-0.05, 0) is 42.8 Å². The second-order valence-corrected chi connectivity index (χ2v) is 9.61. The van der Waals surface area contributed by atoms with Crippen LogP contribution < -0.4 is 4.90 Å². The third kappa shape index (κ3) is 2.99. The number of imide groups is 1. The van der Waals surface area contributed by atoms with E-state index >= 15 is 0 Å². The van der Waals surface area contributed by atoms with Gasteiger partial charge in [0.1, 0.15) is 12.1 Å². The maximum absolute atomic E-state index is 13.6. The Morgan fingerprint density at radius 2 is 1.94 bits per heavy atom. The van der Waals surface area contributed by atoms with Gasteiger partial charge in [0.25, 0.3) is 5.91 Å². The van der Waals surface area contributed by atoms with Crippen LogP contribution in [0.5, 0.6) is 0 Å². The maximum atomic E-state index is 13.6. The molecule has 0 saturated carbocycles. The van der Waals surface area contributed by atoms with Gasteiger partial charge in [0, 0.05) is 23.0 Å². The SMILES string of the molecule is N#Cc1ccc(N2C(=O)[C@@H]3C4CC(CN4C(=O)CSc4ccccc4)N3C2=O)c2cccnc12. The summed E-state index contributed by atoms with van der Waals surface area (Å²) in [5, 5.41) is 9.99. The molecule has 0 spiro atoms. The van der Waals surface area contributed by atoms with Gasteiger partial charge in [-0.3, -0.25) is 14.6 Å². The quantitative estimate of drug-likeness (QED) is 0.430. The van der Waals surface area contributed by atoms with Crippen LogP contribution in [0.4, 0.5) is 10.5 Å². The van der Waals surface area contributed by atoms with Gasteiger partial charge in [-0.15, -0.1) is 11.8 Å². The van der Waals surface area contributed by atoms with E-state index in [0.29, 0.717) is 35.1 Å². The predicted octanol–water partition coefficient (Wildman–Crippen LogP) is 3.02. The number of anilines is 1. The number of thioether (sulfide) groups is 1. The van der Waals surface area contributed by atoms with Crippen LogP contribution >= 0.6 is 11.8 Å². The van der Waals surface area contributed by atoms with Crippen molar-refractivity contribution in [3.63, 3.8) is 0 Å². The lowest BCUT2D eigenvalue weighted by Crippen LogP contribution is -2.55. The molecule has 4 heterocycles. The van der Waals surface area contributed by atoms with Crippen molar-refractivity contribution in [1.82, 2.24) is 14.8 Å². The monoisotopic (exact) mass is 469 g/mol. The average Bonchev–Trinajstić information content (AvgIpc) is 3.54. The van der Waals surface area contributed by atoms with Crippen LogP contribution in [-0.2, 0) is 9.59 Å². The summed E-state index contributed by atoms with van der Waals surface area (Å²) in [7, 11) is 0. The molecule has 3 fully saturated rings. The number of aromatic nitrogens is 1. The van der Waals surface area contributed by atoms with E-state index in [1.807, 2.05) is 30.3 Å². The lowest BCUT2D eigenvalue weighted by atomic mass is 10.1. The highest BCUT2D eigenvalue weighted by atomic mass is 32.2. The Labute approximate surface area is 199 Å². The van der Waals surface area contributed by atoms with Crippen molar-refractivity contribution in [2.45, 2.75) is 29.4 Å². The number of nitriles is 1. The standard InChI is InChI=1S/C25H19N5O3S/c26-12-15-8-9-19(18-7-4-10-27-22(15)18)30-24(32)23-20-11-16(29(23)25(30)33)13-28(20)21(31)14-34-17-5-2-1-3-6-17/h1-10,16,20,23H,11,13-14H2/t16?,20?,23-/m0/s1. The summed E-state index contributed by atoms with van der Waals surface area (Å²) >= 11 is 1.47. The zero-order valence-electron chi connectivity index (χ0n) is 18.0. The molecule has 2 aromatic carbocycles. The molecule has 4 amide bonds. The molecule has 3 saturated heterocycles. The number of hydrogen-bond donors (Lipinski definition) is 0. The zero-order valence-corrected chi connectivity index (χ0v) is 18.8. The Hall–Kier alpha value is -3.90. The number of piperazine rings is 1. The van der Waals surface area contributed by atoms with Gasteiger partial charge in [0.2, 0.25) is 5.91 Å². The number of benzene rings is 2. The largest absolute Gasteiger partial charge is 0.334 e. The fourth-order valence-corrected chi connectivity index (χ4v) is 6.16. The van der Waals surface area contributed by atoms with Gasteiger partial charge in [0.15, 0.2) is 0 Å². The van der Waals surface area contributed by atoms with Crippen molar-refractivity contribution in [3.05, 3.63) is 66.4 Å². The fraction of sp³-hybridized carbons (Fsp3) is 0.240. The van der Waals surface area contributed by atoms with Crippen molar-refractivity contribution >= 4 is 46.2 Å². The first-order valence-corrected chi connectivity index (χ1v) is 12.0. The first-order valence-electron chi connectivity index (χ1n) is 11.0. The van der Waals surface area contributed by atoms with E-state index in [0.717, 1.165) is 4.90 Å². The van der Waals surface area contributed by atoms with Crippen LogP contribution in [-0.4, -0.2) is 63.1 Å². The minimum Gasteiger partial charge on any atom is -0.334 e. The number of nitrogens with zero attached hydrogens (tertiary/aromatic N) is 5. The van der Waals surface area contributed by atoms with Gasteiger partial charge in [-0.1, -0.05) is 18.2 Å². The lowest BCUT2D eigenvalue weighted by molar-refractivity contribution is -0.133. The summed E-state index contributed by atoms with van der Waals surface area (Å²) < 4.78 is 0. The summed E-state index contributed by atoms with van der Waals surface area (Å²) in [5.41, 5.74) is 1.25. The Balaban J connectivity index is 1.27. The molecule has 2 unspecified atom stereocenters. The molecule has 3 aromatic rings. The minimum absolute atomic E-state index is 0.0206. The minimum atomic E-state index is -0.681. The molecule has 0 aliphatic carbocycles. The third-order valence-corrected chi connectivity index (χ3v) is 7.80. The molecule has 0 radical (unpaired) electrons. The van der Waals surface area contributed by atoms with Gasteiger partial charge in [-0.25, -0.2) is 9.69 Å². The summed E-state index contributed by atoms with van der Waals surface area (Å²) in [6.07, 6.45) is 2.20. The highest BCUT2D eigenvalue weighted by Gasteiger charge is 2.62. The first-order chi connectivity index (χ1) is 16.6. The Morgan fingerprint density at radius 3 is 2.74 bits per heavy atom. The highest BCUT2D eigenvalue weighted by Crippen LogP contribution is 2.43. The summed E-state index contributed by atoms with van der Waals surface area (Å²) in [4.78, 5) is 49.9. The van der Waals surface area contributed by atoms with E-state index in [4.69, 9.17) is 0 Å². The van der Waals surface area contributed by atoms with Crippen LogP contribution in [0.1, 0.15) is 12.0 Å². The molecule has 3 aliphatic rings. The summed E-state index contributed by atoms with van der Waals surface area (Å²) in [6, 6.07) is 17.0. The Morgan fingerprint density at radius 1 is 1.12 bits per heavy atom. The van der Waals surface area contributed by atoms with E-state index in [1.165, 1.54) is 16.7 Å². The van der Waals surface area contributed by atoms with Crippen LogP contribution in [0.2, 0.25) is 0 Å². The van der Waals surface area contributed by atoms with Crippen molar-refractivity contribution in [1.29, 1.82) is 5.26 Å². The highest BCUT2D eigenvalue weighted by molar-refractivity contribution is 8.00. The number of carbonyl (C=O) groups excluding carboxylic acids is 3. The number of carbonyl (C=O) groups is 3. The first kappa shape index (κ1) is 20.7. The van der Waals surface area contributed by atoms with Crippen LogP contribution in [0.25, 0.3) is 10.9 Å². The molecule has 34 heavy (non-hydrogen) atoms. The van der Waals surface area contributed by atoms with Crippen LogP contribution in [0.3, 0.4) is 0 Å². The topological polar surface area (TPSA) is 97.6 Å². The molecule has 9 heteroatoms. The molecule has 6 rings (SSSR count).